The van der Waals surface area contributed by atoms with E-state index in [1.807, 2.05) is 24.4 Å². The second kappa shape index (κ2) is 7.93. The zero-order chi connectivity index (χ0) is 18.6. The van der Waals surface area contributed by atoms with Crippen molar-refractivity contribution in [3.05, 3.63) is 30.7 Å². The fourth-order valence-electron chi connectivity index (χ4n) is 3.48. The van der Waals surface area contributed by atoms with Crippen molar-refractivity contribution in [3.8, 4) is 0 Å². The summed E-state index contributed by atoms with van der Waals surface area (Å²) in [6.45, 7) is 7.43. The van der Waals surface area contributed by atoms with Crippen molar-refractivity contribution in [1.82, 2.24) is 24.9 Å². The third-order valence-corrected chi connectivity index (χ3v) is 5.18. The summed E-state index contributed by atoms with van der Waals surface area (Å²) in [5.41, 5.74) is 10.4. The average Bonchev–Trinajstić information content (AvgIpc) is 2.72. The number of nitrogen functional groups attached to an aromatic ring is 1. The van der Waals surface area contributed by atoms with Gasteiger partial charge in [0.2, 0.25) is 0 Å². The van der Waals surface area contributed by atoms with Crippen molar-refractivity contribution in [2.45, 2.75) is 0 Å². The molecule has 0 saturated carbocycles. The second-order valence-corrected chi connectivity index (χ2v) is 7.02. The minimum absolute atomic E-state index is 0.614. The molecule has 9 nitrogen and oxygen atoms in total. The van der Waals surface area contributed by atoms with Gasteiger partial charge in [-0.05, 0) is 19.2 Å². The number of hydrogen-bond donors (Lipinski definition) is 2. The molecular weight excluding hydrogens is 342 g/mol. The zero-order valence-corrected chi connectivity index (χ0v) is 15.8. The first-order valence-corrected chi connectivity index (χ1v) is 9.42. The van der Waals surface area contributed by atoms with E-state index in [4.69, 9.17) is 5.73 Å². The average molecular weight is 369 g/mol. The largest absolute Gasteiger partial charge is 0.393 e. The van der Waals surface area contributed by atoms with Crippen LogP contribution in [0.1, 0.15) is 0 Å². The molecule has 0 atom stereocenters. The van der Waals surface area contributed by atoms with E-state index in [0.29, 0.717) is 11.5 Å². The highest BCUT2D eigenvalue weighted by Gasteiger charge is 2.23. The number of hydrogen-bond acceptors (Lipinski definition) is 9. The van der Waals surface area contributed by atoms with Crippen LogP contribution in [0.25, 0.3) is 0 Å². The molecule has 2 fully saturated rings. The number of nitrogens with two attached hydrogens (primary N) is 1. The maximum Gasteiger partial charge on any atom is 0.169 e. The molecule has 0 radical (unpaired) electrons. The molecule has 2 aliphatic rings. The Kier molecular flexibility index (Phi) is 5.21. The first-order chi connectivity index (χ1) is 13.2. The Balaban J connectivity index is 1.41. The van der Waals surface area contributed by atoms with Crippen molar-refractivity contribution in [1.29, 1.82) is 0 Å². The van der Waals surface area contributed by atoms with Gasteiger partial charge in [-0.15, -0.1) is 0 Å². The molecule has 27 heavy (non-hydrogen) atoms. The number of nitrogens with zero attached hydrogens (tertiary/aromatic N) is 7. The van der Waals surface area contributed by atoms with Crippen molar-refractivity contribution in [2.75, 3.05) is 80.4 Å². The van der Waals surface area contributed by atoms with Crippen LogP contribution in [-0.4, -0.2) is 84.3 Å². The number of anilines is 4. The van der Waals surface area contributed by atoms with Gasteiger partial charge in [0, 0.05) is 58.6 Å². The molecule has 2 aromatic rings. The highest BCUT2D eigenvalue weighted by Crippen LogP contribution is 2.28. The lowest BCUT2D eigenvalue weighted by atomic mass is 10.3. The van der Waals surface area contributed by atoms with Crippen LogP contribution in [0.5, 0.6) is 0 Å². The number of aromatic nitrogens is 3. The molecule has 0 unspecified atom stereocenters. The molecule has 2 aromatic heterocycles. The summed E-state index contributed by atoms with van der Waals surface area (Å²) in [4.78, 5) is 20.1. The van der Waals surface area contributed by atoms with E-state index in [1.54, 1.807) is 6.33 Å². The van der Waals surface area contributed by atoms with Crippen molar-refractivity contribution < 1.29 is 0 Å². The topological polar surface area (TPSA) is 89.7 Å². The number of pyridine rings is 1. The van der Waals surface area contributed by atoms with Gasteiger partial charge in [-0.3, -0.25) is 0 Å². The Morgan fingerprint density at radius 1 is 0.889 bits per heavy atom. The molecule has 0 bridgehead atoms. The summed E-state index contributed by atoms with van der Waals surface area (Å²) in [7, 11) is 2.14. The van der Waals surface area contributed by atoms with Gasteiger partial charge < -0.3 is 25.9 Å². The van der Waals surface area contributed by atoms with Gasteiger partial charge in [0.15, 0.2) is 11.6 Å². The first kappa shape index (κ1) is 17.7. The Morgan fingerprint density at radius 3 is 2.33 bits per heavy atom. The van der Waals surface area contributed by atoms with Crippen LogP contribution in [0.15, 0.2) is 30.7 Å². The van der Waals surface area contributed by atoms with Crippen LogP contribution in [0.2, 0.25) is 0 Å². The van der Waals surface area contributed by atoms with Crippen LogP contribution < -0.4 is 21.0 Å². The highest BCUT2D eigenvalue weighted by atomic mass is 15.5. The van der Waals surface area contributed by atoms with Gasteiger partial charge in [0.1, 0.15) is 17.8 Å². The summed E-state index contributed by atoms with van der Waals surface area (Å²) < 4.78 is 0. The lowest BCUT2D eigenvalue weighted by Gasteiger charge is -2.37. The van der Waals surface area contributed by atoms with Crippen molar-refractivity contribution in [2.24, 2.45) is 0 Å². The Bertz CT molecular complexity index is 738. The van der Waals surface area contributed by atoms with E-state index in [2.05, 4.69) is 47.1 Å². The van der Waals surface area contributed by atoms with Gasteiger partial charge in [-0.25, -0.2) is 20.0 Å². The van der Waals surface area contributed by atoms with Crippen LogP contribution in [0.4, 0.5) is 23.1 Å². The second-order valence-electron chi connectivity index (χ2n) is 7.02. The van der Waals surface area contributed by atoms with E-state index in [9.17, 15) is 0 Å². The molecule has 2 saturated heterocycles. The van der Waals surface area contributed by atoms with Crippen LogP contribution in [-0.2, 0) is 0 Å². The van der Waals surface area contributed by atoms with Crippen molar-refractivity contribution in [3.63, 3.8) is 0 Å². The number of nitrogens with one attached hydrogen (secondary N) is 1. The zero-order valence-electron chi connectivity index (χ0n) is 15.8. The molecular formula is C18H27N9. The first-order valence-electron chi connectivity index (χ1n) is 9.42. The van der Waals surface area contributed by atoms with Gasteiger partial charge in [0.25, 0.3) is 0 Å². The van der Waals surface area contributed by atoms with Crippen LogP contribution in [0, 0.1) is 0 Å². The quantitative estimate of drug-likeness (QED) is 0.792. The molecule has 0 aliphatic carbocycles. The van der Waals surface area contributed by atoms with Crippen LogP contribution >= 0.6 is 0 Å². The Hall–Kier alpha value is -2.65. The molecule has 0 amide bonds. The number of piperazine rings is 2. The third kappa shape index (κ3) is 4.04. The molecule has 4 rings (SSSR count). The molecule has 3 N–H and O–H groups in total. The lowest BCUT2D eigenvalue weighted by molar-refractivity contribution is 0.178. The fourth-order valence-corrected chi connectivity index (χ4v) is 3.48. The monoisotopic (exact) mass is 369 g/mol. The predicted molar refractivity (Wildman–Crippen MR) is 108 cm³/mol. The molecule has 0 aromatic carbocycles. The highest BCUT2D eigenvalue weighted by molar-refractivity contribution is 5.75. The number of hydrazine groups is 1. The molecule has 2 aliphatic heterocycles. The Labute approximate surface area is 159 Å². The summed E-state index contributed by atoms with van der Waals surface area (Å²) in [6, 6.07) is 6.01. The van der Waals surface area contributed by atoms with Gasteiger partial charge in [-0.1, -0.05) is 6.07 Å². The summed E-state index contributed by atoms with van der Waals surface area (Å²) in [5, 5.41) is 2.17. The SMILES string of the molecule is CN1CCN(Nc2ncnc(N3CCN(c4ccccn4)CC3)c2N)CC1. The summed E-state index contributed by atoms with van der Waals surface area (Å²) >= 11 is 0. The smallest absolute Gasteiger partial charge is 0.169 e. The number of likely N-dealkylation sites (N-methyl/N-ethyl adjacent to an activating group) is 1. The standard InChI is InChI=1S/C18H27N9/c1-24-6-12-27(13-7-24)23-17-16(19)18(22-14-21-17)26-10-8-25(9-11-26)15-4-2-3-5-20-15/h2-5,14H,6-13,19H2,1H3,(H,21,22,23). The minimum atomic E-state index is 0.614. The minimum Gasteiger partial charge on any atom is -0.393 e. The number of rotatable bonds is 4. The van der Waals surface area contributed by atoms with Crippen molar-refractivity contribution >= 4 is 23.1 Å². The summed E-state index contributed by atoms with van der Waals surface area (Å²) in [5.74, 6) is 2.52. The maximum atomic E-state index is 6.41. The lowest BCUT2D eigenvalue weighted by Crippen LogP contribution is -2.48. The van der Waals surface area contributed by atoms with Gasteiger partial charge in [0.05, 0.1) is 0 Å². The van der Waals surface area contributed by atoms with E-state index < -0.39 is 0 Å². The Morgan fingerprint density at radius 2 is 1.63 bits per heavy atom. The molecule has 0 spiro atoms. The van der Waals surface area contributed by atoms with Gasteiger partial charge in [-0.2, -0.15) is 0 Å². The van der Waals surface area contributed by atoms with Gasteiger partial charge >= 0.3 is 0 Å². The third-order valence-electron chi connectivity index (χ3n) is 5.18. The predicted octanol–water partition coefficient (Wildman–Crippen LogP) is 0.355. The normalized spacial score (nSPS) is 19.3. The van der Waals surface area contributed by atoms with E-state index >= 15 is 0 Å². The van der Waals surface area contributed by atoms with Crippen LogP contribution in [0.3, 0.4) is 0 Å². The molecule has 9 heteroatoms. The van der Waals surface area contributed by atoms with E-state index in [1.165, 1.54) is 0 Å². The van der Waals surface area contributed by atoms with E-state index in [-0.39, 0.29) is 0 Å². The summed E-state index contributed by atoms with van der Waals surface area (Å²) in [6.07, 6.45) is 3.43. The molecule has 144 valence electrons. The van der Waals surface area contributed by atoms with E-state index in [0.717, 1.165) is 64.0 Å². The maximum absolute atomic E-state index is 6.41. The fraction of sp³-hybridized carbons (Fsp3) is 0.500. The molecule has 4 heterocycles.